The van der Waals surface area contributed by atoms with E-state index in [2.05, 4.69) is 39.2 Å². The van der Waals surface area contributed by atoms with Crippen LogP contribution in [-0.4, -0.2) is 181 Å². The number of nitrogens with one attached hydrogen (secondary N) is 6. The van der Waals surface area contributed by atoms with Crippen molar-refractivity contribution in [2.45, 2.75) is 140 Å². The second-order valence-corrected chi connectivity index (χ2v) is 18.7. The Bertz CT molecular complexity index is 1890. The first-order valence-corrected chi connectivity index (χ1v) is 24.1. The van der Waals surface area contributed by atoms with Gasteiger partial charge in [-0.25, -0.2) is 4.79 Å². The van der Waals surface area contributed by atoms with Crippen molar-refractivity contribution < 1.29 is 72.9 Å². The summed E-state index contributed by atoms with van der Waals surface area (Å²) in [6, 6.07) is -12.5. The third-order valence-electron chi connectivity index (χ3n) is 11.0. The second-order valence-electron chi connectivity index (χ2n) is 17.3. The van der Waals surface area contributed by atoms with Gasteiger partial charge in [0, 0.05) is 18.8 Å². The molecular formula is C41H66N10O15S2. The topological polar surface area (TPSA) is 396 Å². The number of hydrogen-bond acceptors (Lipinski definition) is 15. The van der Waals surface area contributed by atoms with Gasteiger partial charge in [-0.2, -0.15) is 24.4 Å². The van der Waals surface area contributed by atoms with Gasteiger partial charge in [-0.3, -0.25) is 52.7 Å². The minimum Gasteiger partial charge on any atom is -0.481 e. The monoisotopic (exact) mass is 1000 g/mol. The summed E-state index contributed by atoms with van der Waals surface area (Å²) < 4.78 is 0. The zero-order chi connectivity index (χ0) is 51.6. The van der Waals surface area contributed by atoms with Crippen LogP contribution in [0.3, 0.4) is 0 Å². The standard InChI is InChI=1S/C41H66N10O15S2/c1-19(2)14-25(40(64)51-12-6-8-27(51)36(60)46-24(17-31(55)56)35(59)48-26(41(65)66)15-29(43)52)47-38(62)32(20(3)4)49-37(61)28-9-7-11-50(28)39(63)22(10-13-68-5)44-34(58)23(16-30(53)54)45-33(57)21(42)18-67/h19-28,32,67H,6-18,42H2,1-5H3,(H2,43,52)(H,44,58)(H,45,57)(H,46,60)(H,47,62)(H,48,59)(H,49,61)(H,53,54)(H,55,56)(H,65,66)/t21-,22-,23-,24-,25-,26-,27-,28-,32-/m0/s1. The fourth-order valence-electron chi connectivity index (χ4n) is 7.58. The molecule has 2 rings (SSSR count). The SMILES string of the molecule is CSCC[C@H](NC(=O)[C@H](CC(=O)O)NC(=O)[C@@H](N)CS)C(=O)N1CCC[C@H]1C(=O)N[C@H](C(=O)N[C@@H](CC(C)C)C(=O)N1CCC[C@H]1C(=O)N[C@@H](CC(=O)O)C(=O)N[C@@H](CC(N)=O)C(=O)O)C(C)C. The molecule has 0 bridgehead atoms. The Labute approximate surface area is 402 Å². The van der Waals surface area contributed by atoms with Crippen molar-refractivity contribution in [3.63, 3.8) is 0 Å². The number of aliphatic carboxylic acids is 3. The van der Waals surface area contributed by atoms with Gasteiger partial charge in [0.05, 0.1) is 25.3 Å². The average Bonchev–Trinajstić information content (AvgIpc) is 3.95. The molecule has 27 heteroatoms. The Morgan fingerprint density at radius 2 is 1.09 bits per heavy atom. The Morgan fingerprint density at radius 3 is 1.53 bits per heavy atom. The van der Waals surface area contributed by atoms with Gasteiger partial charge < -0.3 is 68.5 Å². The van der Waals surface area contributed by atoms with E-state index in [0.717, 1.165) is 0 Å². The van der Waals surface area contributed by atoms with Crippen LogP contribution in [0.2, 0.25) is 0 Å². The van der Waals surface area contributed by atoms with E-state index in [1.165, 1.54) is 21.6 Å². The molecule has 0 spiro atoms. The molecule has 2 aliphatic rings. The van der Waals surface area contributed by atoms with E-state index in [1.54, 1.807) is 34.0 Å². The van der Waals surface area contributed by atoms with Crippen molar-refractivity contribution in [1.82, 2.24) is 41.7 Å². The number of carbonyl (C=O) groups excluding carboxylic acids is 9. The fraction of sp³-hybridized carbons (Fsp3) is 0.707. The maximum Gasteiger partial charge on any atom is 0.326 e. The zero-order valence-corrected chi connectivity index (χ0v) is 40.4. The molecule has 2 heterocycles. The third kappa shape index (κ3) is 18.1. The molecular weight excluding hydrogens is 937 g/mol. The van der Waals surface area contributed by atoms with E-state index in [0.29, 0.717) is 18.6 Å². The summed E-state index contributed by atoms with van der Waals surface area (Å²) in [6.07, 6.45) is 0.222. The number of hydrogen-bond donors (Lipinski definition) is 12. The van der Waals surface area contributed by atoms with Crippen LogP contribution in [0, 0.1) is 11.8 Å². The van der Waals surface area contributed by atoms with Crippen LogP contribution in [0.15, 0.2) is 0 Å². The van der Waals surface area contributed by atoms with Crippen molar-refractivity contribution in [2.75, 3.05) is 30.9 Å². The molecule has 0 unspecified atom stereocenters. The summed E-state index contributed by atoms with van der Waals surface area (Å²) in [5.41, 5.74) is 10.8. The fourth-order valence-corrected chi connectivity index (χ4v) is 8.22. The predicted molar refractivity (Wildman–Crippen MR) is 246 cm³/mol. The van der Waals surface area contributed by atoms with Gasteiger partial charge >= 0.3 is 17.9 Å². The van der Waals surface area contributed by atoms with Crippen LogP contribution in [0.25, 0.3) is 0 Å². The van der Waals surface area contributed by atoms with E-state index in [1.807, 2.05) is 5.32 Å². The van der Waals surface area contributed by atoms with Gasteiger partial charge in [-0.15, -0.1) is 0 Å². The Kier molecular flexibility index (Phi) is 24.0. The van der Waals surface area contributed by atoms with Crippen molar-refractivity contribution >= 4 is 95.5 Å². The number of carbonyl (C=O) groups is 12. The van der Waals surface area contributed by atoms with Gasteiger partial charge in [0.2, 0.25) is 53.2 Å². The molecule has 0 aromatic rings. The number of nitrogens with two attached hydrogens (primary N) is 2. The molecule has 0 saturated carbocycles. The van der Waals surface area contributed by atoms with Crippen molar-refractivity contribution in [2.24, 2.45) is 23.3 Å². The van der Waals surface area contributed by atoms with Crippen molar-refractivity contribution in [3.05, 3.63) is 0 Å². The minimum absolute atomic E-state index is 0.0320. The summed E-state index contributed by atoms with van der Waals surface area (Å²) in [7, 11) is 0. The van der Waals surface area contributed by atoms with E-state index in [4.69, 9.17) is 11.5 Å². The first-order chi connectivity index (χ1) is 31.8. The number of carboxylic acid groups (broad SMARTS) is 3. The van der Waals surface area contributed by atoms with E-state index < -0.39 is 151 Å². The number of rotatable bonds is 28. The first-order valence-electron chi connectivity index (χ1n) is 22.1. The van der Waals surface area contributed by atoms with E-state index in [9.17, 15) is 72.9 Å². The lowest BCUT2D eigenvalue weighted by atomic mass is 9.99. The van der Waals surface area contributed by atoms with E-state index in [-0.39, 0.29) is 50.4 Å². The molecule has 9 amide bonds. The number of likely N-dealkylation sites (tertiary alicyclic amines) is 2. The molecule has 68 heavy (non-hydrogen) atoms. The van der Waals surface area contributed by atoms with Crippen LogP contribution in [-0.2, 0) is 57.5 Å². The largest absolute Gasteiger partial charge is 0.481 e. The number of carboxylic acids is 3. The molecule has 13 N–H and O–H groups in total. The number of thioether (sulfide) groups is 1. The molecule has 0 aromatic carbocycles. The molecule has 2 fully saturated rings. The summed E-state index contributed by atoms with van der Waals surface area (Å²) in [6.45, 7) is 6.97. The second kappa shape index (κ2) is 28.0. The Morgan fingerprint density at radius 1 is 0.632 bits per heavy atom. The van der Waals surface area contributed by atoms with Crippen molar-refractivity contribution in [1.29, 1.82) is 0 Å². The third-order valence-corrected chi connectivity index (χ3v) is 12.1. The highest BCUT2D eigenvalue weighted by molar-refractivity contribution is 7.98. The van der Waals surface area contributed by atoms with Gasteiger partial charge in [0.25, 0.3) is 0 Å². The highest BCUT2D eigenvalue weighted by Gasteiger charge is 2.43. The molecule has 0 radical (unpaired) electrons. The number of thiol groups is 1. The average molecular weight is 1000 g/mol. The number of amides is 9. The first kappa shape index (κ1) is 58.4. The summed E-state index contributed by atoms with van der Waals surface area (Å²) in [4.78, 5) is 158. The minimum atomic E-state index is -1.82. The van der Waals surface area contributed by atoms with Crippen LogP contribution in [0.1, 0.15) is 85.5 Å². The summed E-state index contributed by atoms with van der Waals surface area (Å²) in [5.74, 6) is -12.9. The van der Waals surface area contributed by atoms with E-state index >= 15 is 0 Å². The quantitative estimate of drug-likeness (QED) is 0.0338. The van der Waals surface area contributed by atoms with Gasteiger partial charge in [-0.05, 0) is 62.4 Å². The van der Waals surface area contributed by atoms with Crippen molar-refractivity contribution in [3.8, 4) is 0 Å². The molecule has 0 aliphatic carbocycles. The Hall–Kier alpha value is -5.70. The molecule has 9 atom stereocenters. The Balaban J connectivity index is 2.30. The van der Waals surface area contributed by atoms with Crippen LogP contribution in [0.4, 0.5) is 0 Å². The highest BCUT2D eigenvalue weighted by atomic mass is 32.2. The van der Waals surface area contributed by atoms with Gasteiger partial charge in [0.15, 0.2) is 0 Å². The number of nitrogens with zero attached hydrogens (tertiary/aromatic N) is 2. The molecule has 2 saturated heterocycles. The number of primary amides is 1. The van der Waals surface area contributed by atoms with Crippen LogP contribution >= 0.6 is 24.4 Å². The summed E-state index contributed by atoms with van der Waals surface area (Å²) >= 11 is 5.31. The van der Waals surface area contributed by atoms with Gasteiger partial charge in [-0.1, -0.05) is 27.7 Å². The molecule has 0 aromatic heterocycles. The smallest absolute Gasteiger partial charge is 0.326 e. The molecule has 25 nitrogen and oxygen atoms in total. The molecule has 382 valence electrons. The predicted octanol–water partition coefficient (Wildman–Crippen LogP) is -3.50. The summed E-state index contributed by atoms with van der Waals surface area (Å²) in [5, 5.41) is 42.8. The normalized spacial score (nSPS) is 18.8. The lowest BCUT2D eigenvalue weighted by Crippen LogP contribution is -2.61. The lowest BCUT2D eigenvalue weighted by molar-refractivity contribution is -0.146. The highest BCUT2D eigenvalue weighted by Crippen LogP contribution is 2.23. The van der Waals surface area contributed by atoms with Crippen LogP contribution in [0.5, 0.6) is 0 Å². The maximum atomic E-state index is 14.2. The lowest BCUT2D eigenvalue weighted by Gasteiger charge is -2.33. The van der Waals surface area contributed by atoms with Crippen LogP contribution < -0.4 is 43.4 Å². The zero-order valence-electron chi connectivity index (χ0n) is 38.7. The maximum absolute atomic E-state index is 14.2. The molecule has 2 aliphatic heterocycles. The van der Waals surface area contributed by atoms with Gasteiger partial charge in [0.1, 0.15) is 48.3 Å².